The maximum absolute atomic E-state index is 8.88. The van der Waals surface area contributed by atoms with Gasteiger partial charge in [-0.05, 0) is 29.1 Å². The van der Waals surface area contributed by atoms with Gasteiger partial charge in [0.1, 0.15) is 10.6 Å². The van der Waals surface area contributed by atoms with Crippen molar-refractivity contribution in [2.75, 3.05) is 5.73 Å². The molecule has 0 unspecified atom stereocenters. The first-order valence-electron chi connectivity index (χ1n) is 5.89. The zero-order chi connectivity index (χ0) is 13.9. The smallest absolute Gasteiger partial charge is 0.191 e. The Morgan fingerprint density at radius 1 is 1.30 bits per heavy atom. The molecule has 0 amide bonds. The molecule has 6 heteroatoms. The Hall–Kier alpha value is -2.10. The van der Waals surface area contributed by atoms with Gasteiger partial charge in [-0.25, -0.2) is 9.97 Å². The molecule has 2 heterocycles. The van der Waals surface area contributed by atoms with E-state index < -0.39 is 0 Å². The van der Waals surface area contributed by atoms with Crippen molar-refractivity contribution in [3.8, 4) is 6.07 Å². The molecule has 3 aromatic rings. The zero-order valence-corrected chi connectivity index (χ0v) is 12.0. The number of nitriles is 1. The molecule has 0 radical (unpaired) electrons. The summed E-state index contributed by atoms with van der Waals surface area (Å²) in [6, 6.07) is 11.6. The molecular formula is C14H10N4S2. The number of nitrogens with two attached hydrogens (primary N) is 1. The highest BCUT2D eigenvalue weighted by atomic mass is 32.2. The second kappa shape index (κ2) is 5.49. The van der Waals surface area contributed by atoms with Gasteiger partial charge in [0.05, 0.1) is 17.0 Å². The Morgan fingerprint density at radius 2 is 2.20 bits per heavy atom. The maximum Gasteiger partial charge on any atom is 0.191 e. The van der Waals surface area contributed by atoms with Crippen LogP contribution in [-0.2, 0) is 5.75 Å². The average molecular weight is 298 g/mol. The number of hydrogen-bond acceptors (Lipinski definition) is 6. The van der Waals surface area contributed by atoms with Gasteiger partial charge in [0.2, 0.25) is 0 Å². The fourth-order valence-corrected chi connectivity index (χ4v) is 3.42. The van der Waals surface area contributed by atoms with E-state index in [0.717, 1.165) is 15.8 Å². The van der Waals surface area contributed by atoms with Gasteiger partial charge >= 0.3 is 0 Å². The molecule has 0 aliphatic rings. The Labute approximate surface area is 124 Å². The first-order chi connectivity index (χ1) is 9.76. The molecule has 20 heavy (non-hydrogen) atoms. The molecule has 0 aliphatic heterocycles. The van der Waals surface area contributed by atoms with Gasteiger partial charge in [0.25, 0.3) is 0 Å². The van der Waals surface area contributed by atoms with Gasteiger partial charge in [-0.1, -0.05) is 23.9 Å². The molecule has 0 aliphatic carbocycles. The van der Waals surface area contributed by atoms with Crippen LogP contribution in [0.3, 0.4) is 0 Å². The minimum absolute atomic E-state index is 0.518. The number of thiophene rings is 1. The third-order valence-corrected chi connectivity index (χ3v) is 4.48. The quantitative estimate of drug-likeness (QED) is 0.592. The van der Waals surface area contributed by atoms with Gasteiger partial charge in [-0.15, -0.1) is 11.3 Å². The van der Waals surface area contributed by atoms with Crippen LogP contribution < -0.4 is 5.73 Å². The fraction of sp³-hybridized carbons (Fsp3) is 0.0714. The summed E-state index contributed by atoms with van der Waals surface area (Å²) in [5, 5.41) is 12.4. The van der Waals surface area contributed by atoms with Crippen LogP contribution in [-0.4, -0.2) is 9.97 Å². The van der Waals surface area contributed by atoms with Crippen LogP contribution in [0, 0.1) is 11.3 Å². The molecule has 1 aromatic carbocycles. The zero-order valence-electron chi connectivity index (χ0n) is 10.4. The lowest BCUT2D eigenvalue weighted by molar-refractivity contribution is 1.02. The third-order valence-electron chi connectivity index (χ3n) is 2.76. The second-order valence-electron chi connectivity index (χ2n) is 4.13. The summed E-state index contributed by atoms with van der Waals surface area (Å²) in [4.78, 5) is 9.69. The lowest BCUT2D eigenvalue weighted by atomic mass is 10.2. The van der Waals surface area contributed by atoms with Crippen molar-refractivity contribution in [3.05, 3.63) is 46.8 Å². The van der Waals surface area contributed by atoms with Crippen molar-refractivity contribution in [3.63, 3.8) is 0 Å². The summed E-state index contributed by atoms with van der Waals surface area (Å²) >= 11 is 3.08. The number of benzene rings is 1. The van der Waals surface area contributed by atoms with Crippen molar-refractivity contribution < 1.29 is 0 Å². The summed E-state index contributed by atoms with van der Waals surface area (Å²) < 4.78 is 0. The minimum Gasteiger partial charge on any atom is -0.383 e. The highest BCUT2D eigenvalue weighted by Crippen LogP contribution is 2.27. The number of fused-ring (bicyclic) bond motifs is 1. The number of rotatable bonds is 3. The topological polar surface area (TPSA) is 75.6 Å². The van der Waals surface area contributed by atoms with Gasteiger partial charge in [-0.3, -0.25) is 0 Å². The van der Waals surface area contributed by atoms with E-state index in [2.05, 4.69) is 16.0 Å². The first kappa shape index (κ1) is 12.9. The molecule has 0 spiro atoms. The van der Waals surface area contributed by atoms with E-state index in [9.17, 15) is 0 Å². The molecule has 2 aromatic heterocycles. The summed E-state index contributed by atoms with van der Waals surface area (Å²) in [6.07, 6.45) is 0. The Bertz CT molecular complexity index is 804. The molecule has 0 fully saturated rings. The van der Waals surface area contributed by atoms with E-state index >= 15 is 0 Å². The lowest BCUT2D eigenvalue weighted by Crippen LogP contribution is -1.95. The summed E-state index contributed by atoms with van der Waals surface area (Å²) in [5.41, 5.74) is 7.65. The Kier molecular flexibility index (Phi) is 3.54. The molecule has 4 nitrogen and oxygen atoms in total. The molecule has 0 saturated carbocycles. The Balaban J connectivity index is 1.81. The van der Waals surface area contributed by atoms with Gasteiger partial charge < -0.3 is 5.73 Å². The first-order valence-corrected chi connectivity index (χ1v) is 7.75. The average Bonchev–Trinajstić information content (AvgIpc) is 2.94. The van der Waals surface area contributed by atoms with Crippen LogP contribution in [0.15, 0.2) is 40.9 Å². The Morgan fingerprint density at radius 3 is 3.05 bits per heavy atom. The summed E-state index contributed by atoms with van der Waals surface area (Å²) in [6.45, 7) is 0. The number of aromatic nitrogens is 2. The summed E-state index contributed by atoms with van der Waals surface area (Å²) in [5.74, 6) is 1.23. The van der Waals surface area contributed by atoms with Crippen LogP contribution in [0.5, 0.6) is 0 Å². The van der Waals surface area contributed by atoms with Crippen molar-refractivity contribution in [2.24, 2.45) is 0 Å². The van der Waals surface area contributed by atoms with Gasteiger partial charge in [0.15, 0.2) is 5.16 Å². The van der Waals surface area contributed by atoms with Crippen LogP contribution in [0.1, 0.15) is 11.1 Å². The van der Waals surface area contributed by atoms with E-state index in [-0.39, 0.29) is 0 Å². The molecular weight excluding hydrogens is 288 g/mol. The van der Waals surface area contributed by atoms with Gasteiger partial charge in [-0.2, -0.15) is 5.26 Å². The molecule has 98 valence electrons. The normalized spacial score (nSPS) is 10.6. The van der Waals surface area contributed by atoms with Crippen molar-refractivity contribution >= 4 is 39.1 Å². The van der Waals surface area contributed by atoms with Crippen LogP contribution in [0.2, 0.25) is 0 Å². The number of thioether (sulfide) groups is 1. The van der Waals surface area contributed by atoms with Crippen LogP contribution in [0.25, 0.3) is 10.2 Å². The van der Waals surface area contributed by atoms with Crippen molar-refractivity contribution in [2.45, 2.75) is 10.9 Å². The highest BCUT2D eigenvalue weighted by Gasteiger charge is 2.07. The standard InChI is InChI=1S/C14H10N4S2/c15-7-9-2-1-3-10(6-9)8-20-14-17-12(16)11-4-5-19-13(11)18-14/h1-6H,8H2,(H2,16,17,18). The molecule has 0 saturated heterocycles. The predicted octanol–water partition coefficient (Wildman–Crippen LogP) is 3.44. The van der Waals surface area contributed by atoms with Gasteiger partial charge in [0, 0.05) is 5.75 Å². The van der Waals surface area contributed by atoms with E-state index in [1.165, 1.54) is 11.8 Å². The number of anilines is 1. The summed E-state index contributed by atoms with van der Waals surface area (Å²) in [7, 11) is 0. The number of nitrogen functional groups attached to an aromatic ring is 1. The molecule has 3 rings (SSSR count). The monoisotopic (exact) mass is 298 g/mol. The molecule has 0 atom stereocenters. The maximum atomic E-state index is 8.88. The highest BCUT2D eigenvalue weighted by molar-refractivity contribution is 7.98. The van der Waals surface area contributed by atoms with E-state index in [0.29, 0.717) is 22.3 Å². The fourth-order valence-electron chi connectivity index (χ4n) is 1.80. The van der Waals surface area contributed by atoms with E-state index in [1.807, 2.05) is 29.6 Å². The predicted molar refractivity (Wildman–Crippen MR) is 82.5 cm³/mol. The molecule has 2 N–H and O–H groups in total. The van der Waals surface area contributed by atoms with Crippen molar-refractivity contribution in [1.29, 1.82) is 5.26 Å². The van der Waals surface area contributed by atoms with Crippen LogP contribution in [0.4, 0.5) is 5.82 Å². The second-order valence-corrected chi connectivity index (χ2v) is 5.97. The third kappa shape index (κ3) is 2.59. The minimum atomic E-state index is 0.518. The van der Waals surface area contributed by atoms with Crippen molar-refractivity contribution in [1.82, 2.24) is 9.97 Å². The number of hydrogen-bond donors (Lipinski definition) is 1. The largest absolute Gasteiger partial charge is 0.383 e. The van der Waals surface area contributed by atoms with E-state index in [1.54, 1.807) is 17.4 Å². The number of nitrogens with zero attached hydrogens (tertiary/aromatic N) is 3. The van der Waals surface area contributed by atoms with Crippen LogP contribution >= 0.6 is 23.1 Å². The van der Waals surface area contributed by atoms with E-state index in [4.69, 9.17) is 11.0 Å². The molecule has 0 bridgehead atoms. The lowest BCUT2D eigenvalue weighted by Gasteiger charge is -2.03. The SMILES string of the molecule is N#Cc1cccc(CSc2nc(N)c3ccsc3n2)c1.